The highest BCUT2D eigenvalue weighted by Crippen LogP contribution is 2.27. The third-order valence-corrected chi connectivity index (χ3v) is 5.28. The zero-order valence-electron chi connectivity index (χ0n) is 15.4. The van der Waals surface area contributed by atoms with Crippen LogP contribution in [0.1, 0.15) is 21.7 Å². The first kappa shape index (κ1) is 19.7. The highest BCUT2D eigenvalue weighted by molar-refractivity contribution is 7.18. The second kappa shape index (κ2) is 8.73. The summed E-state index contributed by atoms with van der Waals surface area (Å²) >= 11 is 7.65. The maximum atomic E-state index is 12.6. The number of hydrogen-bond donors (Lipinski definition) is 0. The summed E-state index contributed by atoms with van der Waals surface area (Å²) < 4.78 is 10.3. The molecule has 0 aliphatic rings. The Morgan fingerprint density at radius 1 is 1.22 bits per heavy atom. The number of rotatable bonds is 8. The molecule has 0 saturated heterocycles. The summed E-state index contributed by atoms with van der Waals surface area (Å²) in [6.07, 6.45) is 4.61. The Bertz CT molecular complexity index is 974. The van der Waals surface area contributed by atoms with E-state index in [0.717, 1.165) is 32.0 Å². The molecule has 0 aromatic carbocycles. The largest absolute Gasteiger partial charge is 0.480 e. The van der Waals surface area contributed by atoms with Crippen molar-refractivity contribution < 1.29 is 14.3 Å². The molecule has 0 spiro atoms. The molecule has 0 amide bonds. The van der Waals surface area contributed by atoms with Crippen LogP contribution < -0.4 is 4.74 Å². The molecule has 0 N–H and O–H groups in total. The average Bonchev–Trinajstić information content (AvgIpc) is 3.01. The van der Waals surface area contributed by atoms with Crippen LogP contribution in [0.4, 0.5) is 0 Å². The fourth-order valence-electron chi connectivity index (χ4n) is 2.92. The quantitative estimate of drug-likeness (QED) is 0.570. The first-order valence-corrected chi connectivity index (χ1v) is 9.64. The van der Waals surface area contributed by atoms with E-state index in [4.69, 9.17) is 21.1 Å². The van der Waals surface area contributed by atoms with Gasteiger partial charge in [0.2, 0.25) is 5.88 Å². The van der Waals surface area contributed by atoms with Crippen LogP contribution in [0.2, 0.25) is 5.02 Å². The van der Waals surface area contributed by atoms with Crippen molar-refractivity contribution in [2.24, 2.45) is 0 Å². The van der Waals surface area contributed by atoms with Crippen LogP contribution in [0.5, 0.6) is 5.88 Å². The van der Waals surface area contributed by atoms with Gasteiger partial charge in [-0.3, -0.25) is 4.79 Å². The molecule has 3 heterocycles. The summed E-state index contributed by atoms with van der Waals surface area (Å²) in [5.41, 5.74) is 3.55. The van der Waals surface area contributed by atoms with Gasteiger partial charge in [-0.2, -0.15) is 0 Å². The minimum Gasteiger partial charge on any atom is -0.480 e. The van der Waals surface area contributed by atoms with E-state index in [1.165, 1.54) is 7.11 Å². The summed E-state index contributed by atoms with van der Waals surface area (Å²) in [6, 6.07) is 1.71. The number of hydrogen-bond acceptors (Lipinski definition) is 7. The lowest BCUT2D eigenvalue weighted by molar-refractivity contribution is -0.117. The van der Waals surface area contributed by atoms with Crippen molar-refractivity contribution in [3.8, 4) is 5.88 Å². The van der Waals surface area contributed by atoms with Gasteiger partial charge in [-0.1, -0.05) is 22.9 Å². The molecule has 0 unspecified atom stereocenters. The molecule has 0 aliphatic heterocycles. The Hall–Kier alpha value is -2.09. The Morgan fingerprint density at radius 2 is 2.04 bits per heavy atom. The Labute approximate surface area is 166 Å². The number of aromatic nitrogens is 3. The zero-order chi connectivity index (χ0) is 19.4. The number of pyridine rings is 2. The second-order valence-electron chi connectivity index (χ2n) is 6.12. The average molecular weight is 406 g/mol. The summed E-state index contributed by atoms with van der Waals surface area (Å²) in [6.45, 7) is 2.52. The van der Waals surface area contributed by atoms with Gasteiger partial charge >= 0.3 is 0 Å². The molecule has 0 fully saturated rings. The molecule has 3 rings (SSSR count). The van der Waals surface area contributed by atoms with E-state index < -0.39 is 0 Å². The van der Waals surface area contributed by atoms with Crippen LogP contribution >= 0.6 is 22.9 Å². The van der Waals surface area contributed by atoms with E-state index in [0.29, 0.717) is 23.9 Å². The van der Waals surface area contributed by atoms with E-state index in [1.807, 2.05) is 6.92 Å². The lowest BCUT2D eigenvalue weighted by Crippen LogP contribution is -2.11. The number of fused-ring (bicyclic) bond motifs is 1. The Balaban J connectivity index is 1.82. The van der Waals surface area contributed by atoms with E-state index in [2.05, 4.69) is 15.0 Å². The number of halogens is 1. The number of methoxy groups -OCH3 is 2. The standard InChI is InChI=1S/C19H20ClN3O3S/c1-11-23-17-15(4-5-25-2)13(10-22-19(17)27-11)8-14(24)6-12-7-16(20)18(26-3)21-9-12/h7,9-10H,4-6,8H2,1-3H3. The second-order valence-corrected chi connectivity index (χ2v) is 7.71. The van der Waals surface area contributed by atoms with Gasteiger partial charge in [0.15, 0.2) is 0 Å². The highest BCUT2D eigenvalue weighted by Gasteiger charge is 2.16. The molecule has 3 aromatic rings. The van der Waals surface area contributed by atoms with Crippen molar-refractivity contribution in [2.45, 2.75) is 26.2 Å². The summed E-state index contributed by atoms with van der Waals surface area (Å²) in [4.78, 5) is 26.7. The van der Waals surface area contributed by atoms with E-state index in [-0.39, 0.29) is 18.6 Å². The van der Waals surface area contributed by atoms with Crippen molar-refractivity contribution >= 4 is 39.1 Å². The van der Waals surface area contributed by atoms with Gasteiger partial charge < -0.3 is 9.47 Å². The van der Waals surface area contributed by atoms with Crippen LogP contribution in [0, 0.1) is 6.92 Å². The lowest BCUT2D eigenvalue weighted by Gasteiger charge is -2.10. The highest BCUT2D eigenvalue weighted by atomic mass is 35.5. The van der Waals surface area contributed by atoms with Crippen molar-refractivity contribution in [1.29, 1.82) is 0 Å². The normalized spacial score (nSPS) is 11.1. The van der Waals surface area contributed by atoms with Crippen LogP contribution in [0.25, 0.3) is 10.3 Å². The number of Topliss-reactive ketones (excluding diaryl/α,β-unsaturated/α-hetero) is 1. The van der Waals surface area contributed by atoms with Crippen molar-refractivity contribution in [3.05, 3.63) is 45.2 Å². The predicted molar refractivity (Wildman–Crippen MR) is 106 cm³/mol. The molecule has 0 aliphatic carbocycles. The van der Waals surface area contributed by atoms with E-state index >= 15 is 0 Å². The molecule has 0 bridgehead atoms. The number of ether oxygens (including phenoxy) is 2. The van der Waals surface area contributed by atoms with Crippen LogP contribution in [-0.2, 0) is 28.8 Å². The summed E-state index contributed by atoms with van der Waals surface area (Å²) in [5, 5.41) is 1.35. The minimum absolute atomic E-state index is 0.0600. The molecule has 8 heteroatoms. The molecule has 142 valence electrons. The van der Waals surface area contributed by atoms with Crippen LogP contribution in [0.15, 0.2) is 18.5 Å². The molecule has 0 saturated carbocycles. The molecule has 6 nitrogen and oxygen atoms in total. The van der Waals surface area contributed by atoms with Gasteiger partial charge in [-0.15, -0.1) is 0 Å². The molecule has 27 heavy (non-hydrogen) atoms. The third kappa shape index (κ3) is 4.61. The van der Waals surface area contributed by atoms with Crippen LogP contribution in [-0.4, -0.2) is 41.6 Å². The van der Waals surface area contributed by atoms with Gasteiger partial charge in [0.05, 0.1) is 18.7 Å². The molecular weight excluding hydrogens is 386 g/mol. The van der Waals surface area contributed by atoms with E-state index in [1.54, 1.807) is 36.9 Å². The fraction of sp³-hybridized carbons (Fsp3) is 0.368. The summed E-state index contributed by atoms with van der Waals surface area (Å²) in [5.74, 6) is 0.410. The number of carbonyl (C=O) groups is 1. The molecule has 3 aromatic heterocycles. The number of aryl methyl sites for hydroxylation is 1. The van der Waals surface area contributed by atoms with Crippen LogP contribution in [0.3, 0.4) is 0 Å². The lowest BCUT2D eigenvalue weighted by atomic mass is 9.99. The van der Waals surface area contributed by atoms with E-state index in [9.17, 15) is 4.79 Å². The number of thiazole rings is 1. The number of ketones is 1. The SMILES string of the molecule is COCCc1c(CC(=O)Cc2cnc(OC)c(Cl)c2)cnc2sc(C)nc12. The smallest absolute Gasteiger partial charge is 0.232 e. The van der Waals surface area contributed by atoms with Gasteiger partial charge in [0.1, 0.15) is 21.2 Å². The van der Waals surface area contributed by atoms with Crippen molar-refractivity contribution in [2.75, 3.05) is 20.8 Å². The predicted octanol–water partition coefficient (Wildman–Crippen LogP) is 3.60. The fourth-order valence-corrected chi connectivity index (χ4v) is 3.97. The topological polar surface area (TPSA) is 74.2 Å². The van der Waals surface area contributed by atoms with Crippen molar-refractivity contribution in [3.63, 3.8) is 0 Å². The Kier molecular flexibility index (Phi) is 6.36. The molecular formula is C19H20ClN3O3S. The Morgan fingerprint density at radius 3 is 2.74 bits per heavy atom. The third-order valence-electron chi connectivity index (χ3n) is 4.13. The summed E-state index contributed by atoms with van der Waals surface area (Å²) in [7, 11) is 3.17. The number of carbonyl (C=O) groups excluding carboxylic acids is 1. The monoisotopic (exact) mass is 405 g/mol. The van der Waals surface area contributed by atoms with Crippen molar-refractivity contribution in [1.82, 2.24) is 15.0 Å². The zero-order valence-corrected chi connectivity index (χ0v) is 17.0. The number of nitrogens with zero attached hydrogens (tertiary/aromatic N) is 3. The van der Waals surface area contributed by atoms with Gasteiger partial charge in [-0.25, -0.2) is 15.0 Å². The maximum absolute atomic E-state index is 12.6. The van der Waals surface area contributed by atoms with Gasteiger partial charge in [0.25, 0.3) is 0 Å². The maximum Gasteiger partial charge on any atom is 0.232 e. The first-order chi connectivity index (χ1) is 13.0. The first-order valence-electron chi connectivity index (χ1n) is 8.44. The molecule has 0 radical (unpaired) electrons. The van der Waals surface area contributed by atoms with Gasteiger partial charge in [-0.05, 0) is 36.1 Å². The minimum atomic E-state index is 0.0600. The van der Waals surface area contributed by atoms with Gasteiger partial charge in [0, 0.05) is 32.3 Å². The molecule has 0 atom stereocenters.